The summed E-state index contributed by atoms with van der Waals surface area (Å²) in [6, 6.07) is 3.80. The molecular formula is C12H15FN2O4S. The number of benzene rings is 1. The molecule has 8 heteroatoms. The van der Waals surface area contributed by atoms with Gasteiger partial charge in [-0.05, 0) is 6.92 Å². The minimum absolute atomic E-state index is 0.0313. The molecule has 20 heavy (non-hydrogen) atoms. The Morgan fingerprint density at radius 2 is 2.20 bits per heavy atom. The topological polar surface area (TPSA) is 80.5 Å². The maximum atomic E-state index is 14.0. The summed E-state index contributed by atoms with van der Waals surface area (Å²) >= 11 is 0. The predicted molar refractivity (Wildman–Crippen MR) is 71.6 cm³/mol. The summed E-state index contributed by atoms with van der Waals surface area (Å²) in [5.74, 6) is -0.782. The molecule has 1 unspecified atom stereocenters. The van der Waals surface area contributed by atoms with E-state index in [1.165, 1.54) is 12.1 Å². The second-order valence-corrected chi connectivity index (χ2v) is 7.17. The largest absolute Gasteiger partial charge is 0.305 e. The molecule has 0 N–H and O–H groups in total. The summed E-state index contributed by atoms with van der Waals surface area (Å²) in [5.41, 5.74) is -0.342. The summed E-state index contributed by atoms with van der Waals surface area (Å²) < 4.78 is 36.9. The van der Waals surface area contributed by atoms with E-state index in [2.05, 4.69) is 0 Å². The second-order valence-electron chi connectivity index (χ2n) is 4.94. The molecule has 6 nitrogen and oxygen atoms in total. The van der Waals surface area contributed by atoms with Crippen molar-refractivity contribution in [2.45, 2.75) is 19.5 Å². The summed E-state index contributed by atoms with van der Waals surface area (Å²) in [6.45, 7) is 2.24. The third-order valence-electron chi connectivity index (χ3n) is 3.44. The van der Waals surface area contributed by atoms with Crippen LogP contribution in [0.2, 0.25) is 0 Å². The maximum absolute atomic E-state index is 14.0. The molecule has 0 aromatic heterocycles. The van der Waals surface area contributed by atoms with Crippen LogP contribution in [0.15, 0.2) is 18.2 Å². The number of nitro benzene ring substituents is 1. The Morgan fingerprint density at radius 3 is 2.80 bits per heavy atom. The second kappa shape index (κ2) is 5.45. The first-order chi connectivity index (χ1) is 9.30. The predicted octanol–water partition coefficient (Wildman–Crippen LogP) is 1.35. The molecule has 0 radical (unpaired) electrons. The van der Waals surface area contributed by atoms with Crippen LogP contribution in [0, 0.1) is 15.9 Å². The van der Waals surface area contributed by atoms with Gasteiger partial charge in [0, 0.05) is 30.8 Å². The third-order valence-corrected chi connectivity index (χ3v) is 5.23. The van der Waals surface area contributed by atoms with E-state index in [0.29, 0.717) is 6.54 Å². The SMILES string of the molecule is CC1CS(=O)(=O)CCN1Cc1cccc([N+](=O)[O-])c1F. The first-order valence-electron chi connectivity index (χ1n) is 6.16. The van der Waals surface area contributed by atoms with Crippen molar-refractivity contribution in [1.29, 1.82) is 0 Å². The van der Waals surface area contributed by atoms with Crippen LogP contribution in [0.25, 0.3) is 0 Å². The summed E-state index contributed by atoms with van der Waals surface area (Å²) in [7, 11) is -3.03. The van der Waals surface area contributed by atoms with Gasteiger partial charge in [-0.2, -0.15) is 4.39 Å². The van der Waals surface area contributed by atoms with Crippen molar-refractivity contribution >= 4 is 15.5 Å². The fourth-order valence-corrected chi connectivity index (χ4v) is 3.94. The standard InChI is InChI=1S/C12H15FN2O4S/c1-9-8-20(18,19)6-5-14(9)7-10-3-2-4-11(12(10)13)15(16)17/h2-4,9H,5-8H2,1H3. The summed E-state index contributed by atoms with van der Waals surface area (Å²) in [5, 5.41) is 10.7. The van der Waals surface area contributed by atoms with Gasteiger partial charge in [0.25, 0.3) is 0 Å². The van der Waals surface area contributed by atoms with Gasteiger partial charge in [0.2, 0.25) is 5.82 Å². The average Bonchev–Trinajstić information content (AvgIpc) is 2.34. The van der Waals surface area contributed by atoms with Crippen molar-refractivity contribution in [1.82, 2.24) is 4.90 Å². The van der Waals surface area contributed by atoms with Gasteiger partial charge < -0.3 is 0 Å². The van der Waals surface area contributed by atoms with Gasteiger partial charge >= 0.3 is 5.69 Å². The van der Waals surface area contributed by atoms with Crippen molar-refractivity contribution in [2.24, 2.45) is 0 Å². The van der Waals surface area contributed by atoms with E-state index in [1.54, 1.807) is 6.92 Å². The van der Waals surface area contributed by atoms with E-state index in [-0.39, 0.29) is 29.7 Å². The fourth-order valence-electron chi connectivity index (χ4n) is 2.32. The number of sulfone groups is 1. The summed E-state index contributed by atoms with van der Waals surface area (Å²) in [6.07, 6.45) is 0. The highest BCUT2D eigenvalue weighted by molar-refractivity contribution is 7.91. The number of halogens is 1. The zero-order valence-electron chi connectivity index (χ0n) is 11.0. The molecule has 0 saturated carbocycles. The zero-order valence-corrected chi connectivity index (χ0v) is 11.8. The Labute approximate surface area is 116 Å². The van der Waals surface area contributed by atoms with Crippen molar-refractivity contribution in [2.75, 3.05) is 18.1 Å². The highest BCUT2D eigenvalue weighted by atomic mass is 32.2. The average molecular weight is 302 g/mol. The van der Waals surface area contributed by atoms with Crippen LogP contribution >= 0.6 is 0 Å². The van der Waals surface area contributed by atoms with Crippen LogP contribution in [-0.4, -0.2) is 42.3 Å². The minimum atomic E-state index is -3.03. The lowest BCUT2D eigenvalue weighted by Gasteiger charge is -2.33. The highest BCUT2D eigenvalue weighted by Crippen LogP contribution is 2.23. The van der Waals surface area contributed by atoms with Crippen molar-refractivity contribution < 1.29 is 17.7 Å². The minimum Gasteiger partial charge on any atom is -0.294 e. The van der Waals surface area contributed by atoms with E-state index in [4.69, 9.17) is 0 Å². The molecule has 0 bridgehead atoms. The number of rotatable bonds is 3. The summed E-state index contributed by atoms with van der Waals surface area (Å²) in [4.78, 5) is 11.7. The van der Waals surface area contributed by atoms with Crippen molar-refractivity contribution in [3.63, 3.8) is 0 Å². The molecular weight excluding hydrogens is 287 g/mol. The number of hydrogen-bond donors (Lipinski definition) is 0. The highest BCUT2D eigenvalue weighted by Gasteiger charge is 2.29. The molecule has 2 rings (SSSR count). The molecule has 1 aromatic rings. The Balaban J connectivity index is 2.19. The molecule has 0 spiro atoms. The van der Waals surface area contributed by atoms with Gasteiger partial charge in [0.15, 0.2) is 9.84 Å². The van der Waals surface area contributed by atoms with Gasteiger partial charge in [-0.25, -0.2) is 8.42 Å². The first-order valence-corrected chi connectivity index (χ1v) is 7.98. The van der Waals surface area contributed by atoms with Crippen LogP contribution in [0.4, 0.5) is 10.1 Å². The van der Waals surface area contributed by atoms with Gasteiger partial charge in [-0.15, -0.1) is 0 Å². The van der Waals surface area contributed by atoms with Crippen LogP contribution in [0.1, 0.15) is 12.5 Å². The van der Waals surface area contributed by atoms with Crippen LogP contribution in [0.3, 0.4) is 0 Å². The van der Waals surface area contributed by atoms with Gasteiger partial charge in [0.1, 0.15) is 0 Å². The van der Waals surface area contributed by atoms with E-state index < -0.39 is 26.3 Å². The molecule has 1 atom stereocenters. The van der Waals surface area contributed by atoms with Gasteiger partial charge in [0.05, 0.1) is 16.4 Å². The van der Waals surface area contributed by atoms with Crippen LogP contribution < -0.4 is 0 Å². The van der Waals surface area contributed by atoms with E-state index in [1.807, 2.05) is 4.90 Å². The normalized spacial score (nSPS) is 22.6. The monoisotopic (exact) mass is 302 g/mol. The lowest BCUT2D eigenvalue weighted by molar-refractivity contribution is -0.387. The Hall–Kier alpha value is -1.54. The molecule has 0 aliphatic carbocycles. The van der Waals surface area contributed by atoms with E-state index in [0.717, 1.165) is 6.07 Å². The molecule has 1 aliphatic heterocycles. The van der Waals surface area contributed by atoms with Crippen LogP contribution in [-0.2, 0) is 16.4 Å². The number of hydrogen-bond acceptors (Lipinski definition) is 5. The molecule has 0 amide bonds. The third kappa shape index (κ3) is 3.13. The molecule has 1 aliphatic rings. The molecule has 1 aromatic carbocycles. The van der Waals surface area contributed by atoms with Gasteiger partial charge in [-0.3, -0.25) is 15.0 Å². The Morgan fingerprint density at radius 1 is 1.50 bits per heavy atom. The fraction of sp³-hybridized carbons (Fsp3) is 0.500. The molecule has 110 valence electrons. The zero-order chi connectivity index (χ0) is 14.9. The number of nitrogens with zero attached hydrogens (tertiary/aromatic N) is 2. The van der Waals surface area contributed by atoms with Gasteiger partial charge in [-0.1, -0.05) is 12.1 Å². The van der Waals surface area contributed by atoms with Crippen molar-refractivity contribution in [3.8, 4) is 0 Å². The number of nitro groups is 1. The lowest BCUT2D eigenvalue weighted by atomic mass is 10.1. The molecule has 1 heterocycles. The van der Waals surface area contributed by atoms with Crippen LogP contribution in [0.5, 0.6) is 0 Å². The Kier molecular flexibility index (Phi) is 4.05. The lowest BCUT2D eigenvalue weighted by Crippen LogP contribution is -2.46. The van der Waals surface area contributed by atoms with E-state index in [9.17, 15) is 22.9 Å². The maximum Gasteiger partial charge on any atom is 0.305 e. The molecule has 1 fully saturated rings. The molecule has 1 saturated heterocycles. The Bertz CT molecular complexity index is 632. The van der Waals surface area contributed by atoms with E-state index >= 15 is 0 Å². The first kappa shape index (κ1) is 14.9. The smallest absolute Gasteiger partial charge is 0.294 e. The quantitative estimate of drug-likeness (QED) is 0.622. The van der Waals surface area contributed by atoms with Crippen molar-refractivity contribution in [3.05, 3.63) is 39.7 Å².